The van der Waals surface area contributed by atoms with Gasteiger partial charge in [0.25, 0.3) is 0 Å². The SMILES string of the molecule is CCCCCCCC#CC1=C(c2cccc(CCCC)c2)[N+](=[N-])C(c2ccc(CCCCCCCC)cc2)=C1CCCC.CCCO.CCCO.[Ni]. The second kappa shape index (κ2) is 33.1. The van der Waals surface area contributed by atoms with Crippen LogP contribution >= 0.6 is 0 Å². The number of nitrogens with zero attached hydrogens (tertiary/aromatic N) is 2. The molecule has 3 rings (SSSR count). The molecule has 52 heavy (non-hydrogen) atoms. The topological polar surface area (TPSA) is 65.8 Å². The van der Waals surface area contributed by atoms with Crippen LogP contribution in [0.2, 0.25) is 0 Å². The molecule has 4 nitrogen and oxygen atoms in total. The first kappa shape index (κ1) is 49.5. The molecule has 1 heterocycles. The van der Waals surface area contributed by atoms with E-state index < -0.39 is 0 Å². The average molecular weight is 758 g/mol. The minimum absolute atomic E-state index is 0. The van der Waals surface area contributed by atoms with Crippen molar-refractivity contribution in [1.29, 1.82) is 0 Å². The fourth-order valence-electron chi connectivity index (χ4n) is 6.06. The summed E-state index contributed by atoms with van der Waals surface area (Å²) in [4.78, 5) is 0. The molecule has 0 fully saturated rings. The molecule has 0 aromatic heterocycles. The smallest absolute Gasteiger partial charge is 0.223 e. The summed E-state index contributed by atoms with van der Waals surface area (Å²) >= 11 is 0. The van der Waals surface area contributed by atoms with Crippen molar-refractivity contribution in [3.63, 3.8) is 0 Å². The van der Waals surface area contributed by atoms with Gasteiger partial charge in [-0.15, -0.1) is 0 Å². The van der Waals surface area contributed by atoms with Crippen LogP contribution in [-0.4, -0.2) is 28.1 Å². The van der Waals surface area contributed by atoms with Crippen LogP contribution in [0.3, 0.4) is 0 Å². The number of rotatable bonds is 22. The first-order chi connectivity index (χ1) is 25.0. The van der Waals surface area contributed by atoms with Gasteiger partial charge in [-0.2, -0.15) is 0 Å². The molecule has 0 saturated carbocycles. The molecule has 2 N–H and O–H groups in total. The zero-order valence-electron chi connectivity index (χ0n) is 34.0. The van der Waals surface area contributed by atoms with E-state index in [1.165, 1.54) is 98.4 Å². The number of aryl methyl sites for hydroxylation is 2. The van der Waals surface area contributed by atoms with Crippen molar-refractivity contribution >= 4 is 11.4 Å². The molecule has 1 aliphatic rings. The molecule has 0 radical (unpaired) electrons. The van der Waals surface area contributed by atoms with E-state index in [-0.39, 0.29) is 16.5 Å². The molecule has 0 atom stereocenters. The third kappa shape index (κ3) is 19.5. The Hall–Kier alpha value is -2.51. The fourth-order valence-corrected chi connectivity index (χ4v) is 6.06. The maximum Gasteiger partial charge on any atom is 0.223 e. The van der Waals surface area contributed by atoms with Crippen molar-refractivity contribution in [3.8, 4) is 11.8 Å². The zero-order valence-corrected chi connectivity index (χ0v) is 35.0. The molecule has 5 heteroatoms. The molecule has 0 spiro atoms. The summed E-state index contributed by atoms with van der Waals surface area (Å²) < 4.78 is 1.47. The first-order valence-electron chi connectivity index (χ1n) is 20.8. The summed E-state index contributed by atoms with van der Waals surface area (Å²) in [6.45, 7) is 13.5. The Morgan fingerprint density at radius 3 is 1.63 bits per heavy atom. The van der Waals surface area contributed by atoms with Crippen LogP contribution in [0, 0.1) is 11.8 Å². The van der Waals surface area contributed by atoms with Crippen molar-refractivity contribution in [2.45, 2.75) is 176 Å². The van der Waals surface area contributed by atoms with Gasteiger partial charge in [0.2, 0.25) is 11.4 Å². The molecule has 294 valence electrons. The fraction of sp³-hybridized carbons (Fsp3) is 0.617. The number of hydrogen-bond acceptors (Lipinski definition) is 2. The quantitative estimate of drug-likeness (QED) is 0.0544. The van der Waals surface area contributed by atoms with Gasteiger partial charge in [0, 0.05) is 52.8 Å². The van der Waals surface area contributed by atoms with E-state index in [0.29, 0.717) is 13.2 Å². The van der Waals surface area contributed by atoms with Gasteiger partial charge in [-0.25, -0.2) is 4.70 Å². The molecular weight excluding hydrogens is 683 g/mol. The largest absolute Gasteiger partial charge is 0.493 e. The molecule has 0 saturated heterocycles. The Kier molecular flexibility index (Phi) is 31.5. The van der Waals surface area contributed by atoms with Gasteiger partial charge in [0.05, 0.1) is 0 Å². The summed E-state index contributed by atoms with van der Waals surface area (Å²) in [6.07, 6.45) is 24.5. The zero-order chi connectivity index (χ0) is 37.5. The van der Waals surface area contributed by atoms with E-state index in [1.54, 1.807) is 0 Å². The molecule has 0 bridgehead atoms. The Morgan fingerprint density at radius 1 is 0.538 bits per heavy atom. The number of aliphatic hydroxyl groups excluding tert-OH is 2. The standard InChI is InChI=1S/C41H58N2.2C3H8O.Ni/c1-5-9-13-15-17-19-21-28-39-38(27-12-8-4)40(36-31-29-34(30-32-36)24-20-18-16-14-10-6-2)43(42)41(39)37-26-22-25-35(33-37)23-11-7-3;2*1-2-3-4;/h22,25-26,29-33H,5-20,23-24,27H2,1-4H3;2*4H,2-3H2,1H3;. The van der Waals surface area contributed by atoms with Crippen LogP contribution in [0.5, 0.6) is 0 Å². The van der Waals surface area contributed by atoms with E-state index in [1.807, 2.05) is 13.8 Å². The van der Waals surface area contributed by atoms with Gasteiger partial charge in [-0.1, -0.05) is 148 Å². The second-order valence-electron chi connectivity index (χ2n) is 13.9. The van der Waals surface area contributed by atoms with Crippen LogP contribution in [0.1, 0.15) is 186 Å². The Bertz CT molecular complexity index is 1330. The minimum atomic E-state index is 0. The summed E-state index contributed by atoms with van der Waals surface area (Å²) in [5.74, 6) is 7.13. The van der Waals surface area contributed by atoms with Crippen LogP contribution in [0.15, 0.2) is 59.7 Å². The van der Waals surface area contributed by atoms with E-state index in [0.717, 1.165) is 85.9 Å². The summed E-state index contributed by atoms with van der Waals surface area (Å²) in [7, 11) is 0. The van der Waals surface area contributed by atoms with Gasteiger partial charge in [-0.05, 0) is 93.2 Å². The first-order valence-corrected chi connectivity index (χ1v) is 20.8. The van der Waals surface area contributed by atoms with E-state index in [9.17, 15) is 5.53 Å². The van der Waals surface area contributed by atoms with Crippen LogP contribution < -0.4 is 0 Å². The molecule has 0 amide bonds. The maximum absolute atomic E-state index is 11.9. The predicted molar refractivity (Wildman–Crippen MR) is 221 cm³/mol. The van der Waals surface area contributed by atoms with Crippen LogP contribution in [0.25, 0.3) is 16.9 Å². The summed E-state index contributed by atoms with van der Waals surface area (Å²) in [5.41, 5.74) is 20.8. The Morgan fingerprint density at radius 2 is 1.06 bits per heavy atom. The Labute approximate surface area is 330 Å². The maximum atomic E-state index is 11.9. The number of aliphatic hydroxyl groups is 2. The van der Waals surface area contributed by atoms with E-state index in [2.05, 4.69) is 88.1 Å². The normalized spacial score (nSPS) is 12.0. The van der Waals surface area contributed by atoms with E-state index >= 15 is 0 Å². The van der Waals surface area contributed by atoms with Gasteiger partial charge in [-0.3, -0.25) is 0 Å². The third-order valence-electron chi connectivity index (χ3n) is 9.16. The van der Waals surface area contributed by atoms with Crippen molar-refractivity contribution < 1.29 is 31.4 Å². The predicted octanol–water partition coefficient (Wildman–Crippen LogP) is 13.4. The molecule has 0 aliphatic carbocycles. The summed E-state index contributed by atoms with van der Waals surface area (Å²) in [5, 5.41) is 15.8. The van der Waals surface area contributed by atoms with Gasteiger partial charge >= 0.3 is 0 Å². The summed E-state index contributed by atoms with van der Waals surface area (Å²) in [6, 6.07) is 17.7. The van der Waals surface area contributed by atoms with Crippen molar-refractivity contribution in [3.05, 3.63) is 87.5 Å². The van der Waals surface area contributed by atoms with Crippen molar-refractivity contribution in [2.75, 3.05) is 13.2 Å². The molecule has 0 unspecified atom stereocenters. The minimum Gasteiger partial charge on any atom is -0.493 e. The van der Waals surface area contributed by atoms with Crippen LogP contribution in [-0.2, 0) is 29.3 Å². The number of unbranched alkanes of at least 4 members (excludes halogenated alkanes) is 12. The number of hydrogen-bond donors (Lipinski definition) is 2. The van der Waals surface area contributed by atoms with Crippen molar-refractivity contribution in [1.82, 2.24) is 0 Å². The van der Waals surface area contributed by atoms with Gasteiger partial charge in [0.1, 0.15) is 5.57 Å². The average Bonchev–Trinajstić information content (AvgIpc) is 3.44. The second-order valence-corrected chi connectivity index (χ2v) is 13.9. The van der Waals surface area contributed by atoms with Gasteiger partial charge < -0.3 is 15.7 Å². The molecule has 1 aliphatic heterocycles. The molecule has 2 aromatic carbocycles. The monoisotopic (exact) mass is 757 g/mol. The van der Waals surface area contributed by atoms with Crippen LogP contribution in [0.4, 0.5) is 0 Å². The van der Waals surface area contributed by atoms with Crippen molar-refractivity contribution in [2.24, 2.45) is 0 Å². The number of benzene rings is 2. The molecule has 2 aromatic rings. The van der Waals surface area contributed by atoms with Gasteiger partial charge in [0.15, 0.2) is 0 Å². The molecular formula is C47H74N2NiO2. The van der Waals surface area contributed by atoms with E-state index in [4.69, 9.17) is 10.2 Å². The number of allylic oxidation sites excluding steroid dienone is 2. The Balaban J connectivity index is 0.00000261. The third-order valence-corrected chi connectivity index (χ3v) is 9.16.